The Hall–Kier alpha value is -0.640. The Labute approximate surface area is 290 Å². The first-order valence-corrected chi connectivity index (χ1v) is 20.8. The number of hydrogen-bond acceptors (Lipinski definition) is 3. The predicted octanol–water partition coefficient (Wildman–Crippen LogP) is 13.9. The summed E-state index contributed by atoms with van der Waals surface area (Å²) in [6.07, 6.45) is 49.9. The largest absolute Gasteiger partial charge is 0.347 e. The lowest BCUT2D eigenvalue weighted by Gasteiger charge is -2.31. The van der Waals surface area contributed by atoms with Crippen molar-refractivity contribution in [2.24, 2.45) is 0 Å². The van der Waals surface area contributed by atoms with Crippen LogP contribution in [0.4, 0.5) is 0 Å². The Balaban J connectivity index is 2.15. The van der Waals surface area contributed by atoms with Crippen molar-refractivity contribution < 1.29 is 9.47 Å². The number of likely N-dealkylation sites (N-methyl/N-ethyl adjacent to an activating group) is 1. The maximum absolute atomic E-state index is 6.74. The van der Waals surface area contributed by atoms with Crippen molar-refractivity contribution in [2.45, 2.75) is 231 Å². The molecule has 1 saturated heterocycles. The Kier molecular flexibility index (Phi) is 29.8. The average molecular weight is 646 g/mol. The molecule has 1 aliphatic rings. The molecule has 0 spiro atoms. The fourth-order valence-corrected chi connectivity index (χ4v) is 6.82. The molecule has 1 aliphatic heterocycles. The molecule has 46 heavy (non-hydrogen) atoms. The topological polar surface area (TPSA) is 21.7 Å². The van der Waals surface area contributed by atoms with Crippen LogP contribution in [0.3, 0.4) is 0 Å². The van der Waals surface area contributed by atoms with E-state index in [0.717, 1.165) is 19.4 Å². The third-order valence-electron chi connectivity index (χ3n) is 10.4. The van der Waals surface area contributed by atoms with Crippen LogP contribution in [0.2, 0.25) is 0 Å². The molecular formula is C43H83NO2. The highest BCUT2D eigenvalue weighted by molar-refractivity contribution is 4.85. The average Bonchev–Trinajstić information content (AvgIpc) is 3.48. The van der Waals surface area contributed by atoms with Gasteiger partial charge in [0.2, 0.25) is 0 Å². The zero-order valence-electron chi connectivity index (χ0n) is 32.1. The second-order valence-electron chi connectivity index (χ2n) is 15.0. The number of allylic oxidation sites excluding steroid dienone is 4. The number of unbranched alkanes of at least 4 members (excludes halogenated alkanes) is 24. The number of hydrogen-bond donors (Lipinski definition) is 0. The van der Waals surface area contributed by atoms with E-state index in [2.05, 4.69) is 64.1 Å². The Morgan fingerprint density at radius 3 is 1.20 bits per heavy atom. The molecule has 0 radical (unpaired) electrons. The summed E-state index contributed by atoms with van der Waals surface area (Å²) in [6.45, 7) is 7.61. The van der Waals surface area contributed by atoms with E-state index in [4.69, 9.17) is 9.47 Å². The molecule has 0 N–H and O–H groups in total. The third-order valence-corrected chi connectivity index (χ3v) is 10.4. The number of nitrogens with zero attached hydrogens (tertiary/aromatic N) is 1. The standard InChI is InChI=1S/C43H83NO2/c1-6-8-10-12-14-16-18-20-22-24-26-28-30-32-34-36-38-43(45-40-42(46-43)41(3)44(4)5)39-37-35-33-31-29-27-25-23-21-19-17-15-13-11-9-7-2/h20-23,41-42H,6-19,24-40H2,1-5H3/b22-20-,23-21-/t41?,42-/m1/s1. The van der Waals surface area contributed by atoms with Gasteiger partial charge in [-0.25, -0.2) is 0 Å². The van der Waals surface area contributed by atoms with Gasteiger partial charge in [-0.2, -0.15) is 0 Å². The molecular weight excluding hydrogens is 562 g/mol. The van der Waals surface area contributed by atoms with Gasteiger partial charge in [0.1, 0.15) is 0 Å². The summed E-state index contributed by atoms with van der Waals surface area (Å²) in [5, 5.41) is 0. The smallest absolute Gasteiger partial charge is 0.168 e. The van der Waals surface area contributed by atoms with Crippen molar-refractivity contribution in [3.63, 3.8) is 0 Å². The normalized spacial score (nSPS) is 17.3. The minimum Gasteiger partial charge on any atom is -0.347 e. The molecule has 1 fully saturated rings. The van der Waals surface area contributed by atoms with Gasteiger partial charge in [-0.15, -0.1) is 0 Å². The molecule has 0 aromatic rings. The molecule has 1 rings (SSSR count). The minimum absolute atomic E-state index is 0.193. The van der Waals surface area contributed by atoms with E-state index in [1.807, 2.05) is 0 Å². The molecule has 2 atom stereocenters. The molecule has 0 amide bonds. The molecule has 1 heterocycles. The summed E-state index contributed by atoms with van der Waals surface area (Å²) >= 11 is 0. The van der Waals surface area contributed by atoms with Crippen LogP contribution in [-0.4, -0.2) is 43.5 Å². The summed E-state index contributed by atoms with van der Waals surface area (Å²) in [5.41, 5.74) is 0. The summed E-state index contributed by atoms with van der Waals surface area (Å²) in [7, 11) is 4.32. The van der Waals surface area contributed by atoms with E-state index in [1.165, 1.54) is 180 Å². The zero-order valence-corrected chi connectivity index (χ0v) is 32.1. The summed E-state index contributed by atoms with van der Waals surface area (Å²) in [5.74, 6) is -0.337. The van der Waals surface area contributed by atoms with Gasteiger partial charge in [0.25, 0.3) is 0 Å². The van der Waals surface area contributed by atoms with Crippen LogP contribution in [-0.2, 0) is 9.47 Å². The lowest BCUT2D eigenvalue weighted by Crippen LogP contribution is -2.40. The van der Waals surface area contributed by atoms with Crippen molar-refractivity contribution in [3.8, 4) is 0 Å². The van der Waals surface area contributed by atoms with Gasteiger partial charge < -0.3 is 14.4 Å². The quantitative estimate of drug-likeness (QED) is 0.0513. The summed E-state index contributed by atoms with van der Waals surface area (Å²) in [6, 6.07) is 0.390. The maximum atomic E-state index is 6.74. The first kappa shape index (κ1) is 43.4. The second kappa shape index (κ2) is 31.6. The van der Waals surface area contributed by atoms with E-state index in [1.54, 1.807) is 0 Å². The fourth-order valence-electron chi connectivity index (χ4n) is 6.82. The molecule has 3 nitrogen and oxygen atoms in total. The monoisotopic (exact) mass is 646 g/mol. The van der Waals surface area contributed by atoms with Crippen molar-refractivity contribution >= 4 is 0 Å². The van der Waals surface area contributed by atoms with Crippen LogP contribution in [0.15, 0.2) is 24.3 Å². The number of ether oxygens (including phenoxy) is 2. The highest BCUT2D eigenvalue weighted by Gasteiger charge is 2.42. The molecule has 0 aromatic heterocycles. The van der Waals surface area contributed by atoms with Gasteiger partial charge >= 0.3 is 0 Å². The molecule has 0 aromatic carbocycles. The van der Waals surface area contributed by atoms with Gasteiger partial charge in [-0.05, 0) is 85.2 Å². The fraction of sp³-hybridized carbons (Fsp3) is 0.907. The van der Waals surface area contributed by atoms with Gasteiger partial charge in [0.15, 0.2) is 5.79 Å². The Morgan fingerprint density at radius 1 is 0.522 bits per heavy atom. The SMILES string of the molecule is CCCCCCCC/C=C\CCCCCCCCC1(CCCCCCCC/C=C\CCCCCCCC)OC[C@H](C(C)N(C)C)O1. The molecule has 0 saturated carbocycles. The van der Waals surface area contributed by atoms with Gasteiger partial charge in [0.05, 0.1) is 12.7 Å². The molecule has 3 heteroatoms. The van der Waals surface area contributed by atoms with Gasteiger partial charge in [-0.1, -0.05) is 154 Å². The van der Waals surface area contributed by atoms with E-state index in [9.17, 15) is 0 Å². The van der Waals surface area contributed by atoms with Crippen molar-refractivity contribution in [1.82, 2.24) is 4.90 Å². The summed E-state index contributed by atoms with van der Waals surface area (Å²) in [4.78, 5) is 2.28. The first-order valence-electron chi connectivity index (χ1n) is 20.8. The van der Waals surface area contributed by atoms with Crippen molar-refractivity contribution in [3.05, 3.63) is 24.3 Å². The molecule has 272 valence electrons. The summed E-state index contributed by atoms with van der Waals surface area (Å²) < 4.78 is 13.3. The Morgan fingerprint density at radius 2 is 0.848 bits per heavy atom. The Bertz CT molecular complexity index is 644. The lowest BCUT2D eigenvalue weighted by atomic mass is 9.98. The van der Waals surface area contributed by atoms with Gasteiger partial charge in [-0.3, -0.25) is 0 Å². The van der Waals surface area contributed by atoms with Crippen molar-refractivity contribution in [1.29, 1.82) is 0 Å². The van der Waals surface area contributed by atoms with E-state index in [-0.39, 0.29) is 11.9 Å². The second-order valence-corrected chi connectivity index (χ2v) is 15.0. The van der Waals surface area contributed by atoms with E-state index in [0.29, 0.717) is 6.04 Å². The predicted molar refractivity (Wildman–Crippen MR) is 205 cm³/mol. The van der Waals surface area contributed by atoms with Crippen LogP contribution < -0.4 is 0 Å². The zero-order chi connectivity index (χ0) is 33.4. The van der Waals surface area contributed by atoms with Crippen LogP contribution in [0.5, 0.6) is 0 Å². The molecule has 1 unspecified atom stereocenters. The van der Waals surface area contributed by atoms with Crippen LogP contribution >= 0.6 is 0 Å². The van der Waals surface area contributed by atoms with Crippen LogP contribution in [0.25, 0.3) is 0 Å². The van der Waals surface area contributed by atoms with Crippen molar-refractivity contribution in [2.75, 3.05) is 20.7 Å². The molecule has 0 bridgehead atoms. The molecule has 0 aliphatic carbocycles. The van der Waals surface area contributed by atoms with Crippen LogP contribution in [0.1, 0.15) is 213 Å². The minimum atomic E-state index is -0.337. The lowest BCUT2D eigenvalue weighted by molar-refractivity contribution is -0.183. The van der Waals surface area contributed by atoms with E-state index < -0.39 is 0 Å². The highest BCUT2D eigenvalue weighted by atomic mass is 16.7. The third kappa shape index (κ3) is 24.5. The highest BCUT2D eigenvalue weighted by Crippen LogP contribution is 2.36. The van der Waals surface area contributed by atoms with E-state index >= 15 is 0 Å². The first-order chi connectivity index (χ1) is 22.5. The van der Waals surface area contributed by atoms with Crippen LogP contribution in [0, 0.1) is 0 Å². The van der Waals surface area contributed by atoms with Gasteiger partial charge in [0, 0.05) is 18.9 Å². The maximum Gasteiger partial charge on any atom is 0.168 e. The number of rotatable bonds is 34.